The highest BCUT2D eigenvalue weighted by Crippen LogP contribution is 2.21. The van der Waals surface area contributed by atoms with Crippen LogP contribution in [0.1, 0.15) is 18.2 Å². The third-order valence-electron chi connectivity index (χ3n) is 1.65. The molecule has 0 fully saturated rings. The second-order valence-corrected chi connectivity index (χ2v) is 4.65. The van der Waals surface area contributed by atoms with Crippen molar-refractivity contribution in [3.63, 3.8) is 0 Å². The summed E-state index contributed by atoms with van der Waals surface area (Å²) >= 11 is 7.34. The molecule has 0 saturated heterocycles. The molecular weight excluding hydrogens is 204 g/mol. The van der Waals surface area contributed by atoms with Gasteiger partial charge in [0.15, 0.2) is 0 Å². The highest BCUT2D eigenvalue weighted by Gasteiger charge is 2.01. The predicted molar refractivity (Wildman–Crippen MR) is 55.9 cm³/mol. The maximum Gasteiger partial charge on any atom is 0.0931 e. The third-order valence-corrected chi connectivity index (χ3v) is 2.88. The van der Waals surface area contributed by atoms with Crippen LogP contribution in [0.25, 0.3) is 0 Å². The van der Waals surface area contributed by atoms with Crippen LogP contribution in [-0.4, -0.2) is 6.04 Å². The highest BCUT2D eigenvalue weighted by molar-refractivity contribution is 7.16. The first-order valence-corrected chi connectivity index (χ1v) is 5.26. The van der Waals surface area contributed by atoms with E-state index in [1.807, 2.05) is 19.1 Å². The second kappa shape index (κ2) is 5.23. The third kappa shape index (κ3) is 3.77. The zero-order valence-corrected chi connectivity index (χ0v) is 8.95. The zero-order valence-electron chi connectivity index (χ0n) is 7.38. The molecule has 4 heteroatoms. The Labute approximate surface area is 87.1 Å². The van der Waals surface area contributed by atoms with Crippen LogP contribution in [0.2, 0.25) is 4.34 Å². The summed E-state index contributed by atoms with van der Waals surface area (Å²) in [6.07, 6.45) is 0.541. The summed E-state index contributed by atoms with van der Waals surface area (Å²) in [5.41, 5.74) is 0. The van der Waals surface area contributed by atoms with E-state index in [4.69, 9.17) is 16.9 Å². The molecule has 0 aliphatic carbocycles. The van der Waals surface area contributed by atoms with Crippen molar-refractivity contribution in [3.05, 3.63) is 21.3 Å². The van der Waals surface area contributed by atoms with Crippen molar-refractivity contribution < 1.29 is 0 Å². The summed E-state index contributed by atoms with van der Waals surface area (Å²) < 4.78 is 0.810. The van der Waals surface area contributed by atoms with Crippen molar-refractivity contribution in [3.8, 4) is 6.07 Å². The first-order valence-electron chi connectivity index (χ1n) is 4.07. The van der Waals surface area contributed by atoms with Crippen molar-refractivity contribution >= 4 is 22.9 Å². The van der Waals surface area contributed by atoms with Gasteiger partial charge in [0.1, 0.15) is 0 Å². The van der Waals surface area contributed by atoms with E-state index in [1.165, 1.54) is 4.88 Å². The van der Waals surface area contributed by atoms with Crippen molar-refractivity contribution in [1.82, 2.24) is 5.32 Å². The first-order chi connectivity index (χ1) is 6.22. The van der Waals surface area contributed by atoms with E-state index in [2.05, 4.69) is 11.4 Å². The summed E-state index contributed by atoms with van der Waals surface area (Å²) in [4.78, 5) is 1.20. The summed E-state index contributed by atoms with van der Waals surface area (Å²) in [5.74, 6) is 0. The number of rotatable bonds is 4. The minimum atomic E-state index is 0.242. The summed E-state index contributed by atoms with van der Waals surface area (Å²) in [6.45, 7) is 2.79. The van der Waals surface area contributed by atoms with Crippen LogP contribution in [0.3, 0.4) is 0 Å². The minimum Gasteiger partial charge on any atom is -0.308 e. The van der Waals surface area contributed by atoms with Crippen LogP contribution in [0.4, 0.5) is 0 Å². The van der Waals surface area contributed by atoms with Gasteiger partial charge in [0.25, 0.3) is 0 Å². The molecule has 0 aliphatic rings. The lowest BCUT2D eigenvalue weighted by Crippen LogP contribution is -2.24. The number of halogens is 1. The Morgan fingerprint density at radius 3 is 3.00 bits per heavy atom. The topological polar surface area (TPSA) is 35.8 Å². The van der Waals surface area contributed by atoms with Crippen LogP contribution in [0.5, 0.6) is 0 Å². The SMILES string of the molecule is CC(CC#N)NCc1ccc(Cl)s1. The van der Waals surface area contributed by atoms with Crippen molar-refractivity contribution in [1.29, 1.82) is 5.26 Å². The van der Waals surface area contributed by atoms with E-state index in [9.17, 15) is 0 Å². The van der Waals surface area contributed by atoms with Gasteiger partial charge >= 0.3 is 0 Å². The van der Waals surface area contributed by atoms with Gasteiger partial charge < -0.3 is 5.32 Å². The molecule has 70 valence electrons. The van der Waals surface area contributed by atoms with Crippen LogP contribution in [-0.2, 0) is 6.54 Å². The molecule has 0 bridgehead atoms. The Morgan fingerprint density at radius 1 is 1.69 bits per heavy atom. The molecule has 13 heavy (non-hydrogen) atoms. The van der Waals surface area contributed by atoms with Gasteiger partial charge in [-0.05, 0) is 19.1 Å². The fourth-order valence-corrected chi connectivity index (χ4v) is 1.97. The molecule has 0 radical (unpaired) electrons. The summed E-state index contributed by atoms with van der Waals surface area (Å²) in [7, 11) is 0. The van der Waals surface area contributed by atoms with Gasteiger partial charge in [0.05, 0.1) is 16.8 Å². The van der Waals surface area contributed by atoms with Crippen LogP contribution in [0.15, 0.2) is 12.1 Å². The maximum atomic E-state index is 8.43. The van der Waals surface area contributed by atoms with Crippen molar-refractivity contribution in [2.24, 2.45) is 0 Å². The Kier molecular flexibility index (Phi) is 4.23. The van der Waals surface area contributed by atoms with Gasteiger partial charge in [-0.15, -0.1) is 11.3 Å². The smallest absolute Gasteiger partial charge is 0.0931 e. The van der Waals surface area contributed by atoms with Gasteiger partial charge in [-0.3, -0.25) is 0 Å². The molecule has 0 saturated carbocycles. The average molecular weight is 215 g/mol. The van der Waals surface area contributed by atoms with E-state index in [-0.39, 0.29) is 6.04 Å². The van der Waals surface area contributed by atoms with Crippen molar-refractivity contribution in [2.75, 3.05) is 0 Å². The van der Waals surface area contributed by atoms with E-state index in [0.29, 0.717) is 6.42 Å². The van der Waals surface area contributed by atoms with E-state index < -0.39 is 0 Å². The monoisotopic (exact) mass is 214 g/mol. The molecule has 1 unspecified atom stereocenters. The number of nitriles is 1. The summed E-state index contributed by atoms with van der Waals surface area (Å²) in [6, 6.07) is 6.25. The molecule has 1 rings (SSSR count). The molecule has 0 aromatic carbocycles. The lowest BCUT2D eigenvalue weighted by molar-refractivity contribution is 0.561. The van der Waals surface area contributed by atoms with E-state index in [1.54, 1.807) is 11.3 Å². The largest absolute Gasteiger partial charge is 0.308 e. The number of nitrogens with one attached hydrogen (secondary N) is 1. The van der Waals surface area contributed by atoms with Gasteiger partial charge in [-0.1, -0.05) is 11.6 Å². The Hall–Kier alpha value is -0.560. The fraction of sp³-hybridized carbons (Fsp3) is 0.444. The molecule has 1 heterocycles. The lowest BCUT2D eigenvalue weighted by atomic mass is 10.2. The van der Waals surface area contributed by atoms with Gasteiger partial charge in [-0.25, -0.2) is 0 Å². The first kappa shape index (κ1) is 10.5. The molecule has 1 N–H and O–H groups in total. The predicted octanol–water partition coefficient (Wildman–Crippen LogP) is 2.79. The number of thiophene rings is 1. The molecule has 1 aromatic heterocycles. The number of hydrogen-bond donors (Lipinski definition) is 1. The molecule has 1 aromatic rings. The van der Waals surface area contributed by atoms with Gasteiger partial charge in [0, 0.05) is 17.5 Å². The normalized spacial score (nSPS) is 12.4. The molecule has 1 atom stereocenters. The second-order valence-electron chi connectivity index (χ2n) is 2.85. The molecule has 0 aliphatic heterocycles. The summed E-state index contributed by atoms with van der Waals surface area (Å²) in [5, 5.41) is 11.7. The van der Waals surface area contributed by atoms with Gasteiger partial charge in [0.2, 0.25) is 0 Å². The molecular formula is C9H11ClN2S. The maximum absolute atomic E-state index is 8.43. The molecule has 0 spiro atoms. The molecule has 0 amide bonds. The van der Waals surface area contributed by atoms with E-state index >= 15 is 0 Å². The number of nitrogens with zero attached hydrogens (tertiary/aromatic N) is 1. The zero-order chi connectivity index (χ0) is 9.68. The Morgan fingerprint density at radius 2 is 2.46 bits per heavy atom. The van der Waals surface area contributed by atoms with Gasteiger partial charge in [-0.2, -0.15) is 5.26 Å². The Bertz CT molecular complexity index is 303. The average Bonchev–Trinajstić information content (AvgIpc) is 2.49. The minimum absolute atomic E-state index is 0.242. The van der Waals surface area contributed by atoms with Crippen LogP contribution >= 0.6 is 22.9 Å². The lowest BCUT2D eigenvalue weighted by Gasteiger charge is -2.07. The fourth-order valence-electron chi connectivity index (χ4n) is 0.931. The highest BCUT2D eigenvalue weighted by atomic mass is 35.5. The number of hydrogen-bond acceptors (Lipinski definition) is 3. The van der Waals surface area contributed by atoms with E-state index in [0.717, 1.165) is 10.9 Å². The van der Waals surface area contributed by atoms with Crippen LogP contribution in [0, 0.1) is 11.3 Å². The Balaban J connectivity index is 2.31. The standard InChI is InChI=1S/C9H11ClN2S/c1-7(4-5-11)12-6-8-2-3-9(10)13-8/h2-3,7,12H,4,6H2,1H3. The van der Waals surface area contributed by atoms with Crippen molar-refractivity contribution in [2.45, 2.75) is 25.9 Å². The van der Waals surface area contributed by atoms with Crippen LogP contribution < -0.4 is 5.32 Å². The quantitative estimate of drug-likeness (QED) is 0.837. The molecule has 2 nitrogen and oxygen atoms in total.